The monoisotopic (exact) mass is 285 g/mol. The van der Waals surface area contributed by atoms with Crippen LogP contribution in [0.1, 0.15) is 13.3 Å². The van der Waals surface area contributed by atoms with Crippen molar-refractivity contribution >= 4 is 29.4 Å². The van der Waals surface area contributed by atoms with Gasteiger partial charge < -0.3 is 11.1 Å². The Balaban J connectivity index is 2.41. The molecule has 0 fully saturated rings. The SMILES string of the molecule is CCCNC(=O)NC(=O)CSc1cc(F)ccc1N. The zero-order valence-electron chi connectivity index (χ0n) is 10.5. The molecule has 104 valence electrons. The topological polar surface area (TPSA) is 84.2 Å². The molecule has 1 aromatic rings. The second-order valence-corrected chi connectivity index (χ2v) is 4.79. The summed E-state index contributed by atoms with van der Waals surface area (Å²) < 4.78 is 13.0. The highest BCUT2D eigenvalue weighted by Gasteiger charge is 2.09. The highest BCUT2D eigenvalue weighted by atomic mass is 32.2. The second-order valence-electron chi connectivity index (χ2n) is 3.77. The number of rotatable bonds is 5. The maximum absolute atomic E-state index is 13.0. The molecular weight excluding hydrogens is 269 g/mol. The third kappa shape index (κ3) is 5.60. The van der Waals surface area contributed by atoms with Gasteiger partial charge in [-0.3, -0.25) is 10.1 Å². The fraction of sp³-hybridized carbons (Fsp3) is 0.333. The van der Waals surface area contributed by atoms with Gasteiger partial charge in [0.2, 0.25) is 5.91 Å². The number of hydrogen-bond donors (Lipinski definition) is 3. The van der Waals surface area contributed by atoms with Crippen molar-refractivity contribution in [3.05, 3.63) is 24.0 Å². The third-order valence-electron chi connectivity index (χ3n) is 2.12. The predicted octanol–water partition coefficient (Wildman–Crippen LogP) is 1.74. The summed E-state index contributed by atoms with van der Waals surface area (Å²) in [6, 6.07) is 3.41. The minimum atomic E-state index is -0.528. The summed E-state index contributed by atoms with van der Waals surface area (Å²) in [6.45, 7) is 2.41. The van der Waals surface area contributed by atoms with E-state index in [2.05, 4.69) is 10.6 Å². The van der Waals surface area contributed by atoms with Gasteiger partial charge in [0.25, 0.3) is 0 Å². The number of thioether (sulfide) groups is 1. The lowest BCUT2D eigenvalue weighted by Crippen LogP contribution is -2.40. The predicted molar refractivity (Wildman–Crippen MR) is 73.4 cm³/mol. The number of benzene rings is 1. The van der Waals surface area contributed by atoms with Gasteiger partial charge in [-0.05, 0) is 24.6 Å². The summed E-state index contributed by atoms with van der Waals surface area (Å²) in [7, 11) is 0. The van der Waals surface area contributed by atoms with E-state index >= 15 is 0 Å². The van der Waals surface area contributed by atoms with Crippen molar-refractivity contribution in [3.63, 3.8) is 0 Å². The maximum atomic E-state index is 13.0. The molecule has 19 heavy (non-hydrogen) atoms. The number of nitrogens with two attached hydrogens (primary N) is 1. The summed E-state index contributed by atoms with van der Waals surface area (Å²) in [5.74, 6) is -0.882. The first-order valence-corrected chi connectivity index (χ1v) is 6.77. The van der Waals surface area contributed by atoms with E-state index in [1.54, 1.807) is 0 Å². The number of imide groups is 1. The van der Waals surface area contributed by atoms with Crippen LogP contribution in [0.4, 0.5) is 14.9 Å². The summed E-state index contributed by atoms with van der Waals surface area (Å²) in [5, 5.41) is 4.69. The van der Waals surface area contributed by atoms with Crippen molar-refractivity contribution in [3.8, 4) is 0 Å². The average molecular weight is 285 g/mol. The number of carbonyl (C=O) groups excluding carboxylic acids is 2. The number of nitrogens with one attached hydrogen (secondary N) is 2. The molecule has 0 aliphatic carbocycles. The molecule has 7 heteroatoms. The maximum Gasteiger partial charge on any atom is 0.321 e. The zero-order chi connectivity index (χ0) is 14.3. The molecule has 0 atom stereocenters. The van der Waals surface area contributed by atoms with Crippen LogP contribution in [-0.2, 0) is 4.79 Å². The van der Waals surface area contributed by atoms with Crippen LogP contribution in [0.25, 0.3) is 0 Å². The van der Waals surface area contributed by atoms with Crippen LogP contribution < -0.4 is 16.4 Å². The van der Waals surface area contributed by atoms with Crippen LogP contribution >= 0.6 is 11.8 Å². The van der Waals surface area contributed by atoms with Crippen LogP contribution in [-0.4, -0.2) is 24.2 Å². The van der Waals surface area contributed by atoms with Crippen molar-refractivity contribution < 1.29 is 14.0 Å². The van der Waals surface area contributed by atoms with Crippen LogP contribution in [0.5, 0.6) is 0 Å². The van der Waals surface area contributed by atoms with Gasteiger partial charge in [-0.15, -0.1) is 11.8 Å². The molecule has 0 saturated carbocycles. The smallest absolute Gasteiger partial charge is 0.321 e. The third-order valence-corrected chi connectivity index (χ3v) is 3.19. The summed E-state index contributed by atoms with van der Waals surface area (Å²) in [5.41, 5.74) is 6.04. The first kappa shape index (κ1) is 15.3. The van der Waals surface area contributed by atoms with E-state index in [0.29, 0.717) is 17.1 Å². The molecule has 0 bridgehead atoms. The van der Waals surface area contributed by atoms with Crippen LogP contribution in [0, 0.1) is 5.82 Å². The zero-order valence-corrected chi connectivity index (χ0v) is 11.3. The summed E-state index contributed by atoms with van der Waals surface area (Å²) in [4.78, 5) is 23.1. The Bertz CT molecular complexity index is 468. The van der Waals surface area contributed by atoms with E-state index in [9.17, 15) is 14.0 Å². The fourth-order valence-corrected chi connectivity index (χ4v) is 2.01. The van der Waals surface area contributed by atoms with Gasteiger partial charge in [-0.25, -0.2) is 9.18 Å². The molecule has 0 aliphatic rings. The first-order valence-electron chi connectivity index (χ1n) is 5.78. The average Bonchev–Trinajstić information content (AvgIpc) is 2.37. The van der Waals surface area contributed by atoms with E-state index in [1.807, 2.05) is 6.92 Å². The molecule has 3 amide bonds. The molecule has 0 heterocycles. The van der Waals surface area contributed by atoms with Gasteiger partial charge in [-0.1, -0.05) is 6.92 Å². The van der Waals surface area contributed by atoms with Crippen molar-refractivity contribution in [1.82, 2.24) is 10.6 Å². The Hall–Kier alpha value is -1.76. The number of carbonyl (C=O) groups is 2. The fourth-order valence-electron chi connectivity index (χ4n) is 1.22. The Morgan fingerprint density at radius 3 is 2.84 bits per heavy atom. The number of amides is 3. The van der Waals surface area contributed by atoms with Crippen LogP contribution in [0.3, 0.4) is 0 Å². The van der Waals surface area contributed by atoms with E-state index in [-0.39, 0.29) is 5.75 Å². The normalized spacial score (nSPS) is 10.0. The molecule has 0 aliphatic heterocycles. The molecule has 1 aromatic carbocycles. The van der Waals surface area contributed by atoms with Crippen LogP contribution in [0.2, 0.25) is 0 Å². The molecule has 1 rings (SSSR count). The summed E-state index contributed by atoms with van der Waals surface area (Å²) in [6.07, 6.45) is 0.788. The van der Waals surface area contributed by atoms with Crippen molar-refractivity contribution in [2.75, 3.05) is 18.0 Å². The van der Waals surface area contributed by atoms with Gasteiger partial charge >= 0.3 is 6.03 Å². The summed E-state index contributed by atoms with van der Waals surface area (Å²) >= 11 is 1.08. The molecule has 0 radical (unpaired) electrons. The van der Waals surface area contributed by atoms with E-state index in [4.69, 9.17) is 5.73 Å². The van der Waals surface area contributed by atoms with Gasteiger partial charge in [0.15, 0.2) is 0 Å². The molecule has 0 unspecified atom stereocenters. The van der Waals surface area contributed by atoms with Gasteiger partial charge in [0.1, 0.15) is 5.82 Å². The molecule has 5 nitrogen and oxygen atoms in total. The Morgan fingerprint density at radius 2 is 2.16 bits per heavy atom. The van der Waals surface area contributed by atoms with Crippen molar-refractivity contribution in [2.24, 2.45) is 0 Å². The Labute approximate surface area is 115 Å². The van der Waals surface area contributed by atoms with E-state index in [1.165, 1.54) is 18.2 Å². The van der Waals surface area contributed by atoms with Gasteiger partial charge in [-0.2, -0.15) is 0 Å². The van der Waals surface area contributed by atoms with E-state index < -0.39 is 17.8 Å². The standard InChI is InChI=1S/C12H16FN3O2S/c1-2-5-15-12(18)16-11(17)7-19-10-6-8(13)3-4-9(10)14/h3-4,6H,2,5,7,14H2,1H3,(H2,15,16,17,18). The molecule has 0 aromatic heterocycles. The van der Waals surface area contributed by atoms with Crippen molar-refractivity contribution in [2.45, 2.75) is 18.2 Å². The lowest BCUT2D eigenvalue weighted by Gasteiger charge is -2.07. The number of anilines is 1. The quantitative estimate of drug-likeness (QED) is 0.568. The second kappa shape index (κ2) is 7.63. The van der Waals surface area contributed by atoms with E-state index in [0.717, 1.165) is 18.2 Å². The highest BCUT2D eigenvalue weighted by Crippen LogP contribution is 2.25. The minimum absolute atomic E-state index is 0.00675. The molecule has 0 spiro atoms. The first-order chi connectivity index (χ1) is 9.02. The number of halogens is 1. The molecule has 4 N–H and O–H groups in total. The Morgan fingerprint density at radius 1 is 1.42 bits per heavy atom. The lowest BCUT2D eigenvalue weighted by molar-refractivity contribution is -0.117. The van der Waals surface area contributed by atoms with Crippen LogP contribution in [0.15, 0.2) is 23.1 Å². The lowest BCUT2D eigenvalue weighted by atomic mass is 10.3. The largest absolute Gasteiger partial charge is 0.398 e. The number of urea groups is 1. The van der Waals surface area contributed by atoms with Gasteiger partial charge in [0.05, 0.1) is 5.75 Å². The van der Waals surface area contributed by atoms with Gasteiger partial charge in [0, 0.05) is 17.1 Å². The molecule has 0 saturated heterocycles. The minimum Gasteiger partial charge on any atom is -0.398 e. The number of hydrogen-bond acceptors (Lipinski definition) is 4. The Kier molecular flexibility index (Phi) is 6.14. The molecular formula is C12H16FN3O2S. The van der Waals surface area contributed by atoms with Crippen molar-refractivity contribution in [1.29, 1.82) is 0 Å². The highest BCUT2D eigenvalue weighted by molar-refractivity contribution is 8.00. The number of nitrogen functional groups attached to an aromatic ring is 1.